The number of hydrogen-bond donors (Lipinski definition) is 2. The van der Waals surface area contributed by atoms with Gasteiger partial charge in [0.25, 0.3) is 0 Å². The van der Waals surface area contributed by atoms with Crippen LogP contribution in [0.3, 0.4) is 0 Å². The molecule has 3 atom stereocenters. The molecule has 1 fully saturated rings. The molecule has 1 aromatic carbocycles. The number of carbonyl (C=O) groups is 1. The Bertz CT molecular complexity index is 1100. The lowest BCUT2D eigenvalue weighted by molar-refractivity contribution is -0.137. The molecule has 188 valence electrons. The van der Waals surface area contributed by atoms with Crippen LogP contribution in [0.4, 0.5) is 0 Å². The molecule has 9 heteroatoms. The third-order valence-corrected chi connectivity index (χ3v) is 8.85. The number of carboxylic acids is 1. The Hall–Kier alpha value is -2.20. The van der Waals surface area contributed by atoms with Crippen molar-refractivity contribution in [1.82, 2.24) is 14.9 Å². The molecule has 35 heavy (non-hydrogen) atoms. The van der Waals surface area contributed by atoms with Crippen LogP contribution in [0.1, 0.15) is 43.8 Å². The monoisotopic (exact) mass is 515 g/mol. The zero-order valence-corrected chi connectivity index (χ0v) is 21.6. The molecular weight excluding hydrogens is 482 g/mol. The molecule has 0 radical (unpaired) electrons. The normalized spacial score (nSPS) is 19.6. The molecule has 0 aliphatic carbocycles. The van der Waals surface area contributed by atoms with Crippen molar-refractivity contribution >= 4 is 40.0 Å². The van der Waals surface area contributed by atoms with E-state index in [2.05, 4.69) is 14.9 Å². The van der Waals surface area contributed by atoms with Crippen LogP contribution >= 0.6 is 23.1 Å². The fourth-order valence-corrected chi connectivity index (χ4v) is 6.72. The van der Waals surface area contributed by atoms with E-state index in [1.54, 1.807) is 36.4 Å². The number of piperidine rings is 1. The Morgan fingerprint density at radius 2 is 2.14 bits per heavy atom. The minimum Gasteiger partial charge on any atom is -0.497 e. The van der Waals surface area contributed by atoms with Crippen LogP contribution in [0.15, 0.2) is 46.4 Å². The second kappa shape index (κ2) is 12.7. The number of nitrogens with zero attached hydrogens (tertiary/aromatic N) is 3. The Morgan fingerprint density at radius 1 is 1.26 bits per heavy atom. The van der Waals surface area contributed by atoms with Crippen molar-refractivity contribution in [3.63, 3.8) is 0 Å². The number of aliphatic hydroxyl groups is 1. The quantitative estimate of drug-likeness (QED) is 0.321. The van der Waals surface area contributed by atoms with Gasteiger partial charge in [-0.3, -0.25) is 9.78 Å². The molecule has 2 N–H and O–H groups in total. The number of ether oxygens (including phenoxy) is 1. The van der Waals surface area contributed by atoms with Gasteiger partial charge in [0.05, 0.1) is 18.7 Å². The zero-order chi connectivity index (χ0) is 24.6. The topological polar surface area (TPSA) is 95.8 Å². The average Bonchev–Trinajstić information content (AvgIpc) is 3.39. The van der Waals surface area contributed by atoms with Gasteiger partial charge in [-0.05, 0) is 73.9 Å². The SMILES string of the molecule is COc1ccc2nccc([C@@H](O)CCC3CCN(CCSc4nccs4)CC3CCC(=O)O)c2c1. The molecule has 0 amide bonds. The van der Waals surface area contributed by atoms with E-state index in [0.29, 0.717) is 24.7 Å². The fraction of sp³-hybridized carbons (Fsp3) is 0.500. The maximum absolute atomic E-state index is 11.3. The minimum atomic E-state index is -0.738. The number of benzene rings is 1. The van der Waals surface area contributed by atoms with Gasteiger partial charge in [0.1, 0.15) is 10.1 Å². The van der Waals surface area contributed by atoms with Gasteiger partial charge in [-0.1, -0.05) is 11.8 Å². The molecule has 0 bridgehead atoms. The molecule has 4 rings (SSSR count). The summed E-state index contributed by atoms with van der Waals surface area (Å²) in [6.07, 6.45) is 6.41. The van der Waals surface area contributed by atoms with E-state index in [1.165, 1.54) is 0 Å². The van der Waals surface area contributed by atoms with Crippen molar-refractivity contribution in [3.8, 4) is 5.75 Å². The smallest absolute Gasteiger partial charge is 0.303 e. The van der Waals surface area contributed by atoms with E-state index in [-0.39, 0.29) is 6.42 Å². The van der Waals surface area contributed by atoms with Gasteiger partial charge >= 0.3 is 5.97 Å². The predicted molar refractivity (Wildman–Crippen MR) is 140 cm³/mol. The summed E-state index contributed by atoms with van der Waals surface area (Å²) in [5.74, 6) is 1.73. The lowest BCUT2D eigenvalue weighted by Gasteiger charge is -2.39. The molecule has 2 unspecified atom stereocenters. The van der Waals surface area contributed by atoms with Gasteiger partial charge < -0.3 is 19.8 Å². The van der Waals surface area contributed by atoms with E-state index in [4.69, 9.17) is 4.74 Å². The molecule has 1 aliphatic rings. The standard InChI is InChI=1S/C26H33N3O4S2/c1-33-20-4-5-23-22(16-20)21(8-10-27-23)24(30)6-2-18-9-12-29(17-19(18)3-7-25(31)32)13-15-35-26-28-11-14-34-26/h4-5,8,10-11,14,16,18-19,24,30H,2-3,6-7,9,12-13,15,17H2,1H3,(H,31,32)/t18?,19?,24-/m0/s1. The van der Waals surface area contributed by atoms with Crippen molar-refractivity contribution in [2.24, 2.45) is 11.8 Å². The van der Waals surface area contributed by atoms with E-state index in [1.807, 2.05) is 35.8 Å². The van der Waals surface area contributed by atoms with Crippen molar-refractivity contribution < 1.29 is 19.7 Å². The van der Waals surface area contributed by atoms with Crippen molar-refractivity contribution in [3.05, 3.63) is 47.6 Å². The second-order valence-corrected chi connectivity index (χ2v) is 11.3. The zero-order valence-electron chi connectivity index (χ0n) is 20.0. The van der Waals surface area contributed by atoms with Gasteiger partial charge in [0.15, 0.2) is 0 Å². The maximum atomic E-state index is 11.3. The number of likely N-dealkylation sites (tertiary alicyclic amines) is 1. The second-order valence-electron chi connectivity index (χ2n) is 9.06. The molecule has 1 saturated heterocycles. The summed E-state index contributed by atoms with van der Waals surface area (Å²) in [4.78, 5) is 22.5. The lowest BCUT2D eigenvalue weighted by atomic mass is 9.79. The van der Waals surface area contributed by atoms with Crippen molar-refractivity contribution in [2.75, 3.05) is 32.5 Å². The van der Waals surface area contributed by atoms with E-state index in [9.17, 15) is 15.0 Å². The highest BCUT2D eigenvalue weighted by Crippen LogP contribution is 2.35. The summed E-state index contributed by atoms with van der Waals surface area (Å²) in [6.45, 7) is 2.91. The Morgan fingerprint density at radius 3 is 2.91 bits per heavy atom. The maximum Gasteiger partial charge on any atom is 0.303 e. The van der Waals surface area contributed by atoms with E-state index >= 15 is 0 Å². The van der Waals surface area contributed by atoms with E-state index < -0.39 is 12.1 Å². The number of thioether (sulfide) groups is 1. The van der Waals surface area contributed by atoms with Crippen molar-refractivity contribution in [2.45, 2.75) is 42.5 Å². The first kappa shape index (κ1) is 25.9. The van der Waals surface area contributed by atoms with Crippen LogP contribution in [0.5, 0.6) is 5.75 Å². The summed E-state index contributed by atoms with van der Waals surface area (Å²) < 4.78 is 6.46. The fourth-order valence-electron chi connectivity index (χ4n) is 5.01. The lowest BCUT2D eigenvalue weighted by Crippen LogP contribution is -2.41. The molecule has 0 saturated carbocycles. The molecule has 1 aliphatic heterocycles. The third kappa shape index (κ3) is 7.16. The highest BCUT2D eigenvalue weighted by atomic mass is 32.2. The molecule has 7 nitrogen and oxygen atoms in total. The van der Waals surface area contributed by atoms with Gasteiger partial charge in [-0.2, -0.15) is 0 Å². The van der Waals surface area contributed by atoms with Crippen LogP contribution in [0, 0.1) is 11.8 Å². The number of pyridine rings is 1. The summed E-state index contributed by atoms with van der Waals surface area (Å²) in [5.41, 5.74) is 1.71. The average molecular weight is 516 g/mol. The van der Waals surface area contributed by atoms with Crippen LogP contribution < -0.4 is 4.74 Å². The predicted octanol–water partition coefficient (Wildman–Crippen LogP) is 5.11. The van der Waals surface area contributed by atoms with Gasteiger partial charge in [-0.25, -0.2) is 4.98 Å². The van der Waals surface area contributed by atoms with Crippen LogP contribution in [-0.2, 0) is 4.79 Å². The molecular formula is C26H33N3O4S2. The van der Waals surface area contributed by atoms with Gasteiger partial charge in [0, 0.05) is 48.4 Å². The molecule has 3 heterocycles. The highest BCUT2D eigenvalue weighted by Gasteiger charge is 2.30. The van der Waals surface area contributed by atoms with Gasteiger partial charge in [-0.15, -0.1) is 11.3 Å². The molecule has 3 aromatic rings. The number of methoxy groups -OCH3 is 1. The Labute approximate surface area is 214 Å². The number of hydrogen-bond acceptors (Lipinski definition) is 8. The number of fused-ring (bicyclic) bond motifs is 1. The number of rotatable bonds is 12. The Balaban J connectivity index is 1.36. The molecule has 2 aromatic heterocycles. The third-order valence-electron chi connectivity index (χ3n) is 6.90. The summed E-state index contributed by atoms with van der Waals surface area (Å²) >= 11 is 3.45. The summed E-state index contributed by atoms with van der Waals surface area (Å²) in [5, 5.41) is 23.3. The van der Waals surface area contributed by atoms with Crippen LogP contribution in [0.25, 0.3) is 10.9 Å². The largest absolute Gasteiger partial charge is 0.497 e. The summed E-state index contributed by atoms with van der Waals surface area (Å²) in [7, 11) is 1.63. The van der Waals surface area contributed by atoms with Crippen LogP contribution in [-0.4, -0.2) is 63.5 Å². The summed E-state index contributed by atoms with van der Waals surface area (Å²) in [6, 6.07) is 7.60. The number of carboxylic acid groups (broad SMARTS) is 1. The minimum absolute atomic E-state index is 0.195. The first-order valence-electron chi connectivity index (χ1n) is 12.1. The number of thiazole rings is 1. The van der Waals surface area contributed by atoms with Crippen LogP contribution in [0.2, 0.25) is 0 Å². The number of aliphatic carboxylic acids is 1. The van der Waals surface area contributed by atoms with Gasteiger partial charge in [0.2, 0.25) is 0 Å². The molecule has 0 spiro atoms. The first-order valence-corrected chi connectivity index (χ1v) is 14.0. The Kier molecular flexibility index (Phi) is 9.37. The van der Waals surface area contributed by atoms with E-state index in [0.717, 1.165) is 64.8 Å². The number of aliphatic hydroxyl groups excluding tert-OH is 1. The first-order chi connectivity index (χ1) is 17.0. The van der Waals surface area contributed by atoms with Crippen molar-refractivity contribution in [1.29, 1.82) is 0 Å². The number of aromatic nitrogens is 2. The highest BCUT2D eigenvalue weighted by molar-refractivity contribution is 8.01.